The van der Waals surface area contributed by atoms with E-state index < -0.39 is 0 Å². The molecule has 2 aliphatic heterocycles. The van der Waals surface area contributed by atoms with E-state index in [1.54, 1.807) is 22.3 Å². The van der Waals surface area contributed by atoms with E-state index in [-0.39, 0.29) is 18.2 Å². The fraction of sp³-hybridized carbons (Fsp3) is 0.583. The van der Waals surface area contributed by atoms with Crippen molar-refractivity contribution < 1.29 is 9.53 Å². The average molecular weight is 280 g/mol. The van der Waals surface area contributed by atoms with Gasteiger partial charge in [0.05, 0.1) is 19.1 Å². The van der Waals surface area contributed by atoms with Gasteiger partial charge in [-0.15, -0.1) is 0 Å². The Morgan fingerprint density at radius 1 is 1.53 bits per heavy atom. The van der Waals surface area contributed by atoms with Gasteiger partial charge in [0.15, 0.2) is 0 Å². The van der Waals surface area contributed by atoms with Gasteiger partial charge in [-0.3, -0.25) is 0 Å². The SMILES string of the molecule is Cc1cnc(OC2CN(C(=O)N3N=CCC3C)C2)s1. The number of hydrazone groups is 1. The molecule has 0 saturated carbocycles. The van der Waals surface area contributed by atoms with E-state index in [0.29, 0.717) is 18.3 Å². The van der Waals surface area contributed by atoms with Gasteiger partial charge < -0.3 is 9.64 Å². The molecule has 7 heteroatoms. The Morgan fingerprint density at radius 2 is 2.32 bits per heavy atom. The molecule has 1 atom stereocenters. The topological polar surface area (TPSA) is 58.0 Å². The number of hydrogen-bond donors (Lipinski definition) is 0. The van der Waals surface area contributed by atoms with Crippen molar-refractivity contribution in [2.45, 2.75) is 32.4 Å². The predicted octanol–water partition coefficient (Wildman–Crippen LogP) is 1.71. The predicted molar refractivity (Wildman–Crippen MR) is 72.6 cm³/mol. The van der Waals surface area contributed by atoms with Crippen molar-refractivity contribution in [1.82, 2.24) is 14.9 Å². The third kappa shape index (κ3) is 2.42. The van der Waals surface area contributed by atoms with Crippen LogP contribution < -0.4 is 4.74 Å². The molecule has 0 spiro atoms. The smallest absolute Gasteiger partial charge is 0.340 e. The molecule has 1 unspecified atom stereocenters. The normalized spacial score (nSPS) is 22.7. The quantitative estimate of drug-likeness (QED) is 0.828. The van der Waals surface area contributed by atoms with Crippen LogP contribution in [0.4, 0.5) is 4.79 Å². The molecule has 6 nitrogen and oxygen atoms in total. The standard InChI is InChI=1S/C12H16N4O2S/c1-8-3-4-14-16(8)12(17)15-6-10(7-15)18-11-13-5-9(2)19-11/h4-5,8,10H,3,6-7H2,1-2H3. The van der Waals surface area contributed by atoms with Crippen molar-refractivity contribution >= 4 is 23.6 Å². The average Bonchev–Trinajstić information content (AvgIpc) is 2.91. The summed E-state index contributed by atoms with van der Waals surface area (Å²) in [6, 6.07) is 0.130. The summed E-state index contributed by atoms with van der Waals surface area (Å²) in [6.07, 6.45) is 4.46. The number of hydrogen-bond acceptors (Lipinski definition) is 5. The molecule has 0 radical (unpaired) electrons. The summed E-state index contributed by atoms with van der Waals surface area (Å²) in [5.74, 6) is 0. The summed E-state index contributed by atoms with van der Waals surface area (Å²) in [5.41, 5.74) is 0. The number of likely N-dealkylation sites (tertiary alicyclic amines) is 1. The van der Waals surface area contributed by atoms with Crippen molar-refractivity contribution in [3.8, 4) is 5.19 Å². The van der Waals surface area contributed by atoms with Gasteiger partial charge in [0.2, 0.25) is 0 Å². The first kappa shape index (κ1) is 12.4. The van der Waals surface area contributed by atoms with E-state index in [9.17, 15) is 4.79 Å². The van der Waals surface area contributed by atoms with Crippen LogP contribution >= 0.6 is 11.3 Å². The van der Waals surface area contributed by atoms with Crippen molar-refractivity contribution in [3.05, 3.63) is 11.1 Å². The number of aryl methyl sites for hydroxylation is 1. The minimum atomic E-state index is -0.0311. The molecule has 1 aromatic heterocycles. The summed E-state index contributed by atoms with van der Waals surface area (Å²) < 4.78 is 5.70. The first-order valence-electron chi connectivity index (χ1n) is 6.33. The number of amides is 2. The second-order valence-corrected chi connectivity index (χ2v) is 6.09. The van der Waals surface area contributed by atoms with Crippen LogP contribution in [0.15, 0.2) is 11.3 Å². The van der Waals surface area contributed by atoms with Crippen LogP contribution in [-0.2, 0) is 0 Å². The molecule has 0 aromatic carbocycles. The van der Waals surface area contributed by atoms with Crippen LogP contribution in [0, 0.1) is 6.92 Å². The number of urea groups is 1. The summed E-state index contributed by atoms with van der Waals surface area (Å²) in [5, 5.41) is 6.33. The number of carbonyl (C=O) groups excluding carboxylic acids is 1. The molecule has 0 N–H and O–H groups in total. The van der Waals surface area contributed by atoms with Crippen LogP contribution in [0.2, 0.25) is 0 Å². The number of ether oxygens (including phenoxy) is 1. The van der Waals surface area contributed by atoms with Gasteiger partial charge in [0.25, 0.3) is 5.19 Å². The summed E-state index contributed by atoms with van der Waals surface area (Å²) in [7, 11) is 0. The highest BCUT2D eigenvalue weighted by Crippen LogP contribution is 2.24. The Labute approximate surface area is 115 Å². The minimum absolute atomic E-state index is 0.0311. The molecule has 1 saturated heterocycles. The second-order valence-electron chi connectivity index (χ2n) is 4.89. The highest BCUT2D eigenvalue weighted by atomic mass is 32.1. The van der Waals surface area contributed by atoms with Gasteiger partial charge in [-0.1, -0.05) is 11.3 Å². The zero-order chi connectivity index (χ0) is 13.4. The molecular formula is C12H16N4O2S. The van der Waals surface area contributed by atoms with E-state index in [1.807, 2.05) is 13.8 Å². The van der Waals surface area contributed by atoms with Crippen LogP contribution in [0.3, 0.4) is 0 Å². The Balaban J connectivity index is 1.50. The van der Waals surface area contributed by atoms with Crippen molar-refractivity contribution in [1.29, 1.82) is 0 Å². The van der Waals surface area contributed by atoms with Gasteiger partial charge in [0.1, 0.15) is 6.10 Å². The summed E-state index contributed by atoms with van der Waals surface area (Å²) in [6.45, 7) is 5.21. The van der Waals surface area contributed by atoms with Crippen LogP contribution in [-0.4, -0.2) is 52.4 Å². The minimum Gasteiger partial charge on any atom is -0.463 e. The van der Waals surface area contributed by atoms with Crippen molar-refractivity contribution in [2.24, 2.45) is 5.10 Å². The van der Waals surface area contributed by atoms with Gasteiger partial charge in [-0.05, 0) is 13.8 Å². The van der Waals surface area contributed by atoms with Crippen LogP contribution in [0.1, 0.15) is 18.2 Å². The summed E-state index contributed by atoms with van der Waals surface area (Å²) >= 11 is 1.53. The first-order valence-corrected chi connectivity index (χ1v) is 7.15. The number of thiazole rings is 1. The second kappa shape index (κ2) is 4.80. The molecule has 3 heterocycles. The number of aromatic nitrogens is 1. The Kier molecular flexibility index (Phi) is 3.14. The summed E-state index contributed by atoms with van der Waals surface area (Å²) in [4.78, 5) is 19.1. The molecule has 1 aromatic rings. The van der Waals surface area contributed by atoms with Crippen LogP contribution in [0.5, 0.6) is 5.19 Å². The lowest BCUT2D eigenvalue weighted by atomic mass is 10.2. The lowest BCUT2D eigenvalue weighted by Crippen LogP contribution is -2.59. The maximum atomic E-state index is 12.1. The number of nitrogens with zero attached hydrogens (tertiary/aromatic N) is 4. The maximum absolute atomic E-state index is 12.1. The Hall–Kier alpha value is -1.63. The highest BCUT2D eigenvalue weighted by Gasteiger charge is 2.37. The lowest BCUT2D eigenvalue weighted by Gasteiger charge is -2.40. The number of carbonyl (C=O) groups is 1. The van der Waals surface area contributed by atoms with E-state index in [4.69, 9.17) is 4.74 Å². The van der Waals surface area contributed by atoms with Crippen molar-refractivity contribution in [2.75, 3.05) is 13.1 Å². The Bertz CT molecular complexity index is 510. The fourth-order valence-electron chi connectivity index (χ4n) is 2.08. The first-order chi connectivity index (χ1) is 9.13. The van der Waals surface area contributed by atoms with Crippen LogP contribution in [0.25, 0.3) is 0 Å². The Morgan fingerprint density at radius 3 is 2.89 bits per heavy atom. The molecule has 102 valence electrons. The maximum Gasteiger partial charge on any atom is 0.340 e. The van der Waals surface area contributed by atoms with E-state index in [0.717, 1.165) is 11.3 Å². The lowest BCUT2D eigenvalue weighted by molar-refractivity contribution is 0.0285. The molecule has 19 heavy (non-hydrogen) atoms. The van der Waals surface area contributed by atoms with Gasteiger partial charge >= 0.3 is 6.03 Å². The van der Waals surface area contributed by atoms with Crippen molar-refractivity contribution in [3.63, 3.8) is 0 Å². The molecule has 2 aliphatic rings. The largest absolute Gasteiger partial charge is 0.463 e. The third-order valence-electron chi connectivity index (χ3n) is 3.25. The zero-order valence-electron chi connectivity index (χ0n) is 10.9. The highest BCUT2D eigenvalue weighted by molar-refractivity contribution is 7.13. The molecule has 1 fully saturated rings. The molecular weight excluding hydrogens is 264 g/mol. The number of rotatable bonds is 2. The van der Waals surface area contributed by atoms with Gasteiger partial charge in [-0.2, -0.15) is 5.10 Å². The van der Waals surface area contributed by atoms with E-state index in [2.05, 4.69) is 10.1 Å². The monoisotopic (exact) mass is 280 g/mol. The molecule has 3 rings (SSSR count). The fourth-order valence-corrected chi connectivity index (χ4v) is 2.75. The van der Waals surface area contributed by atoms with Gasteiger partial charge in [-0.25, -0.2) is 14.8 Å². The molecule has 0 bridgehead atoms. The third-order valence-corrected chi connectivity index (χ3v) is 4.06. The molecule has 0 aliphatic carbocycles. The van der Waals surface area contributed by atoms with E-state index >= 15 is 0 Å². The zero-order valence-corrected chi connectivity index (χ0v) is 11.8. The van der Waals surface area contributed by atoms with E-state index in [1.165, 1.54) is 11.3 Å². The molecule has 2 amide bonds. The van der Waals surface area contributed by atoms with Gasteiger partial charge in [0, 0.05) is 23.7 Å².